The van der Waals surface area contributed by atoms with Crippen molar-refractivity contribution >= 4 is 5.91 Å². The molecule has 0 aliphatic carbocycles. The molecule has 0 saturated carbocycles. The van der Waals surface area contributed by atoms with Crippen LogP contribution in [0, 0.1) is 6.92 Å². The Balaban J connectivity index is 1.15. The molecule has 178 valence electrons. The van der Waals surface area contributed by atoms with Crippen LogP contribution in [0.3, 0.4) is 0 Å². The van der Waals surface area contributed by atoms with Gasteiger partial charge in [0, 0.05) is 43.2 Å². The Morgan fingerprint density at radius 2 is 1.97 bits per heavy atom. The first-order valence-corrected chi connectivity index (χ1v) is 12.0. The van der Waals surface area contributed by atoms with Crippen molar-refractivity contribution < 1.29 is 14.1 Å². The molecule has 1 aromatic carbocycles. The summed E-state index contributed by atoms with van der Waals surface area (Å²) in [7, 11) is 0. The zero-order valence-corrected chi connectivity index (χ0v) is 20.0. The second-order valence-electron chi connectivity index (χ2n) is 9.54. The van der Waals surface area contributed by atoms with Gasteiger partial charge >= 0.3 is 0 Å². The number of amides is 1. The van der Waals surface area contributed by atoms with E-state index in [1.807, 2.05) is 56.0 Å². The van der Waals surface area contributed by atoms with Gasteiger partial charge in [0.2, 0.25) is 5.89 Å². The van der Waals surface area contributed by atoms with E-state index in [2.05, 4.69) is 20.0 Å². The zero-order valence-electron chi connectivity index (χ0n) is 20.0. The van der Waals surface area contributed by atoms with E-state index in [-0.39, 0.29) is 17.9 Å². The van der Waals surface area contributed by atoms with Crippen LogP contribution in [0.1, 0.15) is 60.2 Å². The summed E-state index contributed by atoms with van der Waals surface area (Å²) in [5, 5.41) is 4.01. The van der Waals surface area contributed by atoms with Gasteiger partial charge in [0.05, 0.1) is 18.4 Å². The van der Waals surface area contributed by atoms with Crippen LogP contribution in [0.15, 0.2) is 41.1 Å². The van der Waals surface area contributed by atoms with Gasteiger partial charge in [0.1, 0.15) is 11.9 Å². The van der Waals surface area contributed by atoms with E-state index in [9.17, 15) is 4.79 Å². The molecule has 3 aromatic rings. The Morgan fingerprint density at radius 3 is 2.62 bits per heavy atom. The van der Waals surface area contributed by atoms with E-state index in [4.69, 9.17) is 9.26 Å². The van der Waals surface area contributed by atoms with Crippen molar-refractivity contribution in [1.29, 1.82) is 0 Å². The van der Waals surface area contributed by atoms with Crippen molar-refractivity contribution in [3.05, 3.63) is 59.4 Å². The van der Waals surface area contributed by atoms with Gasteiger partial charge in [-0.25, -0.2) is 0 Å². The molecule has 0 spiro atoms. The molecule has 5 rings (SSSR count). The highest BCUT2D eigenvalue weighted by atomic mass is 16.5. The Hall–Kier alpha value is -3.26. The van der Waals surface area contributed by atoms with Gasteiger partial charge in [0.25, 0.3) is 5.91 Å². The summed E-state index contributed by atoms with van der Waals surface area (Å²) >= 11 is 0. The summed E-state index contributed by atoms with van der Waals surface area (Å²) in [5.41, 5.74) is 3.69. The smallest absolute Gasteiger partial charge is 0.253 e. The van der Waals surface area contributed by atoms with Gasteiger partial charge in [-0.1, -0.05) is 25.1 Å². The third kappa shape index (κ3) is 4.82. The Morgan fingerprint density at radius 1 is 1.18 bits per heavy atom. The van der Waals surface area contributed by atoms with Crippen LogP contribution in [0.4, 0.5) is 0 Å². The first-order valence-electron chi connectivity index (χ1n) is 12.0. The van der Waals surface area contributed by atoms with Crippen molar-refractivity contribution in [3.63, 3.8) is 0 Å². The number of benzene rings is 1. The molecule has 0 unspecified atom stereocenters. The molecular weight excluding hydrogens is 430 g/mol. The molecule has 0 atom stereocenters. The fourth-order valence-corrected chi connectivity index (χ4v) is 4.47. The number of aromatic nitrogens is 3. The van der Waals surface area contributed by atoms with E-state index in [0.717, 1.165) is 73.0 Å². The average molecular weight is 462 g/mol. The number of rotatable bonds is 7. The minimum absolute atomic E-state index is 0.123. The third-order valence-electron chi connectivity index (χ3n) is 6.46. The largest absolute Gasteiger partial charge is 0.486 e. The molecule has 2 saturated heterocycles. The van der Waals surface area contributed by atoms with Gasteiger partial charge in [-0.3, -0.25) is 14.7 Å². The van der Waals surface area contributed by atoms with E-state index in [1.54, 1.807) is 6.20 Å². The topological polar surface area (TPSA) is 84.6 Å². The highest BCUT2D eigenvalue weighted by molar-refractivity contribution is 5.95. The van der Waals surface area contributed by atoms with Gasteiger partial charge in [-0.2, -0.15) is 4.98 Å². The van der Waals surface area contributed by atoms with Crippen LogP contribution in [0.2, 0.25) is 0 Å². The van der Waals surface area contributed by atoms with Crippen molar-refractivity contribution in [3.8, 4) is 17.0 Å². The van der Waals surface area contributed by atoms with Crippen molar-refractivity contribution in [2.45, 2.75) is 52.2 Å². The molecule has 4 heterocycles. The summed E-state index contributed by atoms with van der Waals surface area (Å²) in [5.74, 6) is 2.54. The van der Waals surface area contributed by atoms with Crippen molar-refractivity contribution in [1.82, 2.24) is 24.9 Å². The number of carbonyl (C=O) groups excluding carboxylic acids is 1. The van der Waals surface area contributed by atoms with Crippen LogP contribution in [0.25, 0.3) is 11.3 Å². The molecule has 2 aromatic heterocycles. The summed E-state index contributed by atoms with van der Waals surface area (Å²) in [6.07, 6.45) is 4.08. The first-order chi connectivity index (χ1) is 16.5. The fourth-order valence-electron chi connectivity index (χ4n) is 4.47. The zero-order chi connectivity index (χ0) is 23.7. The molecule has 0 radical (unpaired) electrons. The number of ether oxygens (including phenoxy) is 1. The maximum absolute atomic E-state index is 12.7. The quantitative estimate of drug-likeness (QED) is 0.524. The molecule has 8 nitrogen and oxygen atoms in total. The Labute approximate surface area is 199 Å². The molecule has 8 heteroatoms. The summed E-state index contributed by atoms with van der Waals surface area (Å²) < 4.78 is 11.4. The Kier molecular flexibility index (Phi) is 6.32. The number of pyridine rings is 1. The number of carbonyl (C=O) groups is 1. The van der Waals surface area contributed by atoms with Gasteiger partial charge in [-0.15, -0.1) is 0 Å². The summed E-state index contributed by atoms with van der Waals surface area (Å²) in [6.45, 7) is 10.1. The van der Waals surface area contributed by atoms with Crippen LogP contribution < -0.4 is 4.74 Å². The van der Waals surface area contributed by atoms with Crippen molar-refractivity contribution in [2.24, 2.45) is 0 Å². The van der Waals surface area contributed by atoms with Crippen molar-refractivity contribution in [2.75, 3.05) is 26.2 Å². The number of hydrogen-bond acceptors (Lipinski definition) is 7. The number of nitrogens with zero attached hydrogens (tertiary/aromatic N) is 5. The minimum atomic E-state index is 0.123. The highest BCUT2D eigenvalue weighted by Crippen LogP contribution is 2.26. The average Bonchev–Trinajstić information content (AvgIpc) is 3.50. The van der Waals surface area contributed by atoms with E-state index < -0.39 is 0 Å². The normalized spacial score (nSPS) is 16.8. The molecule has 2 fully saturated rings. The minimum Gasteiger partial charge on any atom is -0.486 e. The molecule has 2 aliphatic heterocycles. The monoisotopic (exact) mass is 461 g/mol. The summed E-state index contributed by atoms with van der Waals surface area (Å²) in [4.78, 5) is 25.9. The van der Waals surface area contributed by atoms with E-state index >= 15 is 0 Å². The number of hydrogen-bond donors (Lipinski definition) is 0. The lowest BCUT2D eigenvalue weighted by atomic mass is 10.0. The molecular formula is C26H31N5O3. The maximum Gasteiger partial charge on any atom is 0.253 e. The summed E-state index contributed by atoms with van der Waals surface area (Å²) in [6, 6.07) is 9.81. The lowest BCUT2D eigenvalue weighted by Crippen LogP contribution is -2.53. The second-order valence-corrected chi connectivity index (χ2v) is 9.54. The number of aryl methyl sites for hydroxylation is 1. The predicted octanol–water partition coefficient (Wildman–Crippen LogP) is 4.06. The maximum atomic E-state index is 12.7. The third-order valence-corrected chi connectivity index (χ3v) is 6.46. The SMILES string of the molecule is Cc1cc(C(=O)N2CCCC2)ccc1-c1ccc(OC2CN(Cc3nc(C(C)C)no3)C2)cn1. The fraction of sp³-hybridized carbons (Fsp3) is 0.462. The van der Waals surface area contributed by atoms with Crippen LogP contribution >= 0.6 is 0 Å². The lowest BCUT2D eigenvalue weighted by molar-refractivity contribution is 0.00844. The second kappa shape index (κ2) is 9.54. The lowest BCUT2D eigenvalue weighted by Gasteiger charge is -2.37. The standard InChI is InChI=1S/C26H31N5O3/c1-17(2)25-28-24(34-29-25)16-30-14-21(15-30)33-20-7-9-23(27-13-20)22-8-6-19(12-18(22)3)26(32)31-10-4-5-11-31/h6-9,12-13,17,21H,4-5,10-11,14-16H2,1-3H3. The molecule has 2 aliphatic rings. The van der Waals surface area contributed by atoms with Gasteiger partial charge in [0.15, 0.2) is 5.82 Å². The van der Waals surface area contributed by atoms with E-state index in [1.165, 1.54) is 0 Å². The first kappa shape index (κ1) is 22.5. The van der Waals surface area contributed by atoms with Crippen LogP contribution in [-0.2, 0) is 6.54 Å². The highest BCUT2D eigenvalue weighted by Gasteiger charge is 2.30. The molecule has 1 amide bonds. The molecule has 0 bridgehead atoms. The Bertz CT molecular complexity index is 1150. The predicted molar refractivity (Wildman–Crippen MR) is 128 cm³/mol. The van der Waals surface area contributed by atoms with Gasteiger partial charge in [-0.05, 0) is 49.6 Å². The van der Waals surface area contributed by atoms with Crippen LogP contribution in [0.5, 0.6) is 5.75 Å². The van der Waals surface area contributed by atoms with Crippen LogP contribution in [-0.4, -0.2) is 63.1 Å². The molecule has 34 heavy (non-hydrogen) atoms. The molecule has 0 N–H and O–H groups in total. The van der Waals surface area contributed by atoms with E-state index in [0.29, 0.717) is 12.4 Å². The van der Waals surface area contributed by atoms with Gasteiger partial charge < -0.3 is 14.2 Å². The number of likely N-dealkylation sites (tertiary alicyclic amines) is 2.